The molecule has 0 saturated heterocycles. The van der Waals surface area contributed by atoms with Crippen LogP contribution >= 0.6 is 11.3 Å². The molecule has 5 nitrogen and oxygen atoms in total. The zero-order valence-electron chi connectivity index (χ0n) is 20.0. The van der Waals surface area contributed by atoms with Crippen molar-refractivity contribution in [3.8, 4) is 5.75 Å². The van der Waals surface area contributed by atoms with Crippen LogP contribution in [0.2, 0.25) is 0 Å². The van der Waals surface area contributed by atoms with Gasteiger partial charge in [-0.2, -0.15) is 13.2 Å². The van der Waals surface area contributed by atoms with Crippen molar-refractivity contribution in [1.82, 2.24) is 5.32 Å². The van der Waals surface area contributed by atoms with Gasteiger partial charge in [0.15, 0.2) is 0 Å². The number of alkyl halides is 3. The minimum atomic E-state index is -4.44. The molecule has 36 heavy (non-hydrogen) atoms. The van der Waals surface area contributed by atoms with Crippen LogP contribution in [-0.2, 0) is 17.6 Å². The van der Waals surface area contributed by atoms with E-state index in [-0.39, 0.29) is 23.8 Å². The van der Waals surface area contributed by atoms with E-state index < -0.39 is 29.7 Å². The molecule has 0 aliphatic carbocycles. The maximum absolute atomic E-state index is 13.2. The van der Waals surface area contributed by atoms with Crippen LogP contribution < -0.4 is 10.1 Å². The molecule has 0 radical (unpaired) electrons. The van der Waals surface area contributed by atoms with Crippen molar-refractivity contribution in [3.63, 3.8) is 0 Å². The molecule has 9 heteroatoms. The molecule has 3 rings (SSSR count). The molecule has 1 amide bonds. The number of rotatable bonds is 11. The van der Waals surface area contributed by atoms with Crippen molar-refractivity contribution < 1.29 is 32.6 Å². The normalized spacial score (nSPS) is 12.5. The van der Waals surface area contributed by atoms with Crippen molar-refractivity contribution in [1.29, 1.82) is 0 Å². The van der Waals surface area contributed by atoms with Gasteiger partial charge in [-0.05, 0) is 59.2 Å². The van der Waals surface area contributed by atoms with E-state index in [2.05, 4.69) is 11.9 Å². The average molecular weight is 520 g/mol. The second kappa shape index (κ2) is 11.6. The first kappa shape index (κ1) is 27.3. The van der Waals surface area contributed by atoms with Gasteiger partial charge in [-0.3, -0.25) is 4.79 Å². The summed E-state index contributed by atoms with van der Waals surface area (Å²) >= 11 is 1.44. The first-order valence-corrected chi connectivity index (χ1v) is 12.4. The predicted molar refractivity (Wildman–Crippen MR) is 134 cm³/mol. The third-order valence-corrected chi connectivity index (χ3v) is 7.01. The monoisotopic (exact) mass is 519 g/mol. The molecule has 2 aromatic carbocycles. The van der Waals surface area contributed by atoms with Crippen molar-refractivity contribution in [2.24, 2.45) is 5.92 Å². The number of hydrogen-bond acceptors (Lipinski definition) is 4. The standard InChI is InChI=1S/C27H28F3NO4S/c1-4-17(5-2)14-16(3)23(26(33)34)31-25(32)21-10-11-22-20(12-13-36-22)24(21)35-15-18-6-8-19(9-7-18)27(28,29)30/h6-13,17,23H,3-5,14-15H2,1-2H3,(H,31,32)(H,33,34)/t23-/m0/s1. The quantitative estimate of drug-likeness (QED) is 0.266. The molecule has 3 aromatic rings. The summed E-state index contributed by atoms with van der Waals surface area (Å²) in [7, 11) is 0. The van der Waals surface area contributed by atoms with E-state index in [0.29, 0.717) is 22.9 Å². The molecule has 1 heterocycles. The van der Waals surface area contributed by atoms with Gasteiger partial charge < -0.3 is 15.2 Å². The third kappa shape index (κ3) is 6.46. The molecule has 0 fully saturated rings. The summed E-state index contributed by atoms with van der Waals surface area (Å²) in [6.45, 7) is 7.89. The van der Waals surface area contributed by atoms with Gasteiger partial charge in [0.05, 0.1) is 11.1 Å². The van der Waals surface area contributed by atoms with E-state index >= 15 is 0 Å². The number of amides is 1. The van der Waals surface area contributed by atoms with Crippen LogP contribution in [0.4, 0.5) is 13.2 Å². The molecule has 0 spiro atoms. The Hall–Kier alpha value is -3.33. The number of thiophene rings is 1. The van der Waals surface area contributed by atoms with Crippen LogP contribution in [0.1, 0.15) is 54.6 Å². The number of ether oxygens (including phenoxy) is 1. The summed E-state index contributed by atoms with van der Waals surface area (Å²) in [5.74, 6) is -1.34. The molecule has 0 bridgehead atoms. The first-order chi connectivity index (χ1) is 17.0. The van der Waals surface area contributed by atoms with Gasteiger partial charge in [0.25, 0.3) is 5.91 Å². The molecule has 0 aliphatic heterocycles. The molecule has 1 atom stereocenters. The predicted octanol–water partition coefficient (Wildman–Crippen LogP) is 7.06. The Morgan fingerprint density at radius 2 is 1.75 bits per heavy atom. The Labute approximate surface area is 211 Å². The van der Waals surface area contributed by atoms with Gasteiger partial charge in [-0.25, -0.2) is 4.79 Å². The fourth-order valence-corrected chi connectivity index (χ4v) is 4.70. The largest absolute Gasteiger partial charge is 0.487 e. The van der Waals surface area contributed by atoms with Gasteiger partial charge in [-0.1, -0.05) is 45.4 Å². The number of aliphatic carboxylic acids is 1. The molecule has 0 aliphatic rings. The molecule has 0 unspecified atom stereocenters. The summed E-state index contributed by atoms with van der Waals surface area (Å²) in [5.41, 5.74) is 0.269. The van der Waals surface area contributed by atoms with Crippen LogP contribution in [0.3, 0.4) is 0 Å². The number of carbonyl (C=O) groups excluding carboxylic acids is 1. The number of benzene rings is 2. The minimum Gasteiger partial charge on any atom is -0.487 e. The first-order valence-electron chi connectivity index (χ1n) is 11.6. The Morgan fingerprint density at radius 1 is 1.08 bits per heavy atom. The highest BCUT2D eigenvalue weighted by molar-refractivity contribution is 7.17. The van der Waals surface area contributed by atoms with Crippen LogP contribution in [0.15, 0.2) is 60.0 Å². The van der Waals surface area contributed by atoms with Gasteiger partial charge >= 0.3 is 12.1 Å². The maximum Gasteiger partial charge on any atom is 0.416 e. The number of hydrogen-bond donors (Lipinski definition) is 2. The number of fused-ring (bicyclic) bond motifs is 1. The number of carboxylic acid groups (broad SMARTS) is 1. The topological polar surface area (TPSA) is 75.6 Å². The maximum atomic E-state index is 13.2. The summed E-state index contributed by atoms with van der Waals surface area (Å²) in [6, 6.07) is 8.39. The minimum absolute atomic E-state index is 0.0723. The van der Waals surface area contributed by atoms with Crippen molar-refractivity contribution in [2.75, 3.05) is 0 Å². The fourth-order valence-electron chi connectivity index (χ4n) is 3.91. The van der Waals surface area contributed by atoms with Crippen molar-refractivity contribution in [3.05, 3.63) is 76.7 Å². The lowest BCUT2D eigenvalue weighted by atomic mass is 9.91. The SMILES string of the molecule is C=C(CC(CC)CC)[C@H](NC(=O)c1ccc2sccc2c1OCc1ccc(C(F)(F)F)cc1)C(=O)O. The van der Waals surface area contributed by atoms with E-state index in [0.717, 1.165) is 29.7 Å². The van der Waals surface area contributed by atoms with Crippen LogP contribution in [0.5, 0.6) is 5.75 Å². The van der Waals surface area contributed by atoms with E-state index in [1.165, 1.54) is 23.5 Å². The van der Waals surface area contributed by atoms with Gasteiger partial charge in [0.1, 0.15) is 18.4 Å². The lowest BCUT2D eigenvalue weighted by Crippen LogP contribution is -2.42. The second-order valence-corrected chi connectivity index (χ2v) is 9.50. The Kier molecular flexibility index (Phi) is 8.79. The Morgan fingerprint density at radius 3 is 2.33 bits per heavy atom. The van der Waals surface area contributed by atoms with Crippen molar-refractivity contribution >= 4 is 33.3 Å². The highest BCUT2D eigenvalue weighted by Gasteiger charge is 2.30. The Bertz CT molecular complexity index is 1230. The lowest BCUT2D eigenvalue weighted by molar-refractivity contribution is -0.138. The number of carboxylic acids is 1. The number of nitrogens with one attached hydrogen (secondary N) is 1. The van der Waals surface area contributed by atoms with Gasteiger partial charge in [0, 0.05) is 10.1 Å². The number of carbonyl (C=O) groups is 2. The summed E-state index contributed by atoms with van der Waals surface area (Å²) in [5, 5.41) is 14.8. The van der Waals surface area contributed by atoms with Crippen LogP contribution in [-0.4, -0.2) is 23.0 Å². The molecule has 0 saturated carbocycles. The van der Waals surface area contributed by atoms with E-state index in [1.807, 2.05) is 19.2 Å². The molecule has 192 valence electrons. The molecular formula is C27H28F3NO4S. The van der Waals surface area contributed by atoms with E-state index in [9.17, 15) is 27.9 Å². The summed E-state index contributed by atoms with van der Waals surface area (Å²) in [4.78, 5) is 25.2. The molecule has 2 N–H and O–H groups in total. The zero-order valence-corrected chi connectivity index (χ0v) is 20.8. The second-order valence-electron chi connectivity index (χ2n) is 8.55. The Balaban J connectivity index is 1.85. The highest BCUT2D eigenvalue weighted by Crippen LogP contribution is 2.35. The van der Waals surface area contributed by atoms with Gasteiger partial charge in [0.2, 0.25) is 0 Å². The number of halogens is 3. The van der Waals surface area contributed by atoms with Crippen LogP contribution in [0, 0.1) is 5.92 Å². The highest BCUT2D eigenvalue weighted by atomic mass is 32.1. The zero-order chi connectivity index (χ0) is 26.5. The van der Waals surface area contributed by atoms with Crippen molar-refractivity contribution in [2.45, 2.75) is 51.9 Å². The van der Waals surface area contributed by atoms with Crippen LogP contribution in [0.25, 0.3) is 10.1 Å². The summed E-state index contributed by atoms with van der Waals surface area (Å²) < 4.78 is 45.4. The average Bonchev–Trinajstić information content (AvgIpc) is 3.32. The lowest BCUT2D eigenvalue weighted by Gasteiger charge is -2.21. The van der Waals surface area contributed by atoms with E-state index in [4.69, 9.17) is 4.74 Å². The molecule has 1 aromatic heterocycles. The van der Waals surface area contributed by atoms with Gasteiger partial charge in [-0.15, -0.1) is 11.3 Å². The summed E-state index contributed by atoms with van der Waals surface area (Å²) in [6.07, 6.45) is -2.23. The molecular weight excluding hydrogens is 491 g/mol. The fraction of sp³-hybridized carbons (Fsp3) is 0.333. The third-order valence-electron chi connectivity index (χ3n) is 6.13. The van der Waals surface area contributed by atoms with E-state index in [1.54, 1.807) is 18.2 Å². The smallest absolute Gasteiger partial charge is 0.416 e.